The van der Waals surface area contributed by atoms with Crippen molar-refractivity contribution in [2.24, 2.45) is 0 Å². The second-order valence-electron chi connectivity index (χ2n) is 7.48. The van der Waals surface area contributed by atoms with E-state index in [4.69, 9.17) is 4.74 Å². The molecule has 6 nitrogen and oxygen atoms in total. The minimum Gasteiger partial charge on any atom is -0.367 e. The van der Waals surface area contributed by atoms with Crippen molar-refractivity contribution >= 4 is 5.82 Å². The maximum absolute atomic E-state index is 6.11. The molecule has 1 atom stereocenters. The summed E-state index contributed by atoms with van der Waals surface area (Å²) in [7, 11) is 0. The molecule has 1 fully saturated rings. The highest BCUT2D eigenvalue weighted by molar-refractivity contribution is 5.39. The molecule has 1 unspecified atom stereocenters. The SMILES string of the molecule is Cc1cc(C)n(-c2ccc(NC3CC(C)(C)OC3(C)C)nn2)n1. The van der Waals surface area contributed by atoms with Gasteiger partial charge in [-0.3, -0.25) is 0 Å². The minimum absolute atomic E-state index is 0.127. The third kappa shape index (κ3) is 3.22. The van der Waals surface area contributed by atoms with E-state index in [0.29, 0.717) is 0 Å². The summed E-state index contributed by atoms with van der Waals surface area (Å²) in [6.07, 6.45) is 0.931. The molecule has 0 bridgehead atoms. The van der Waals surface area contributed by atoms with Crippen LogP contribution in [0, 0.1) is 13.8 Å². The molecule has 3 heterocycles. The topological polar surface area (TPSA) is 64.9 Å². The van der Waals surface area contributed by atoms with Gasteiger partial charge in [-0.1, -0.05) is 0 Å². The molecule has 0 saturated carbocycles. The van der Waals surface area contributed by atoms with E-state index in [9.17, 15) is 0 Å². The molecule has 1 aliphatic rings. The fourth-order valence-corrected chi connectivity index (χ4v) is 3.34. The molecule has 0 aliphatic carbocycles. The van der Waals surface area contributed by atoms with E-state index in [1.54, 1.807) is 4.68 Å². The first-order valence-corrected chi connectivity index (χ1v) is 8.00. The zero-order valence-electron chi connectivity index (χ0n) is 14.7. The number of anilines is 1. The second-order valence-corrected chi connectivity index (χ2v) is 7.48. The van der Waals surface area contributed by atoms with Crippen LogP contribution in [0.4, 0.5) is 5.82 Å². The molecule has 0 spiro atoms. The Bertz CT molecular complexity index is 702. The van der Waals surface area contributed by atoms with E-state index < -0.39 is 0 Å². The van der Waals surface area contributed by atoms with Crippen molar-refractivity contribution < 1.29 is 4.74 Å². The summed E-state index contributed by atoms with van der Waals surface area (Å²) in [5.41, 5.74) is 1.65. The van der Waals surface area contributed by atoms with Gasteiger partial charge in [0.15, 0.2) is 5.82 Å². The van der Waals surface area contributed by atoms with Gasteiger partial charge in [0.05, 0.1) is 22.9 Å². The van der Waals surface area contributed by atoms with Crippen LogP contribution < -0.4 is 5.32 Å². The molecule has 2 aromatic heterocycles. The molecule has 0 radical (unpaired) electrons. The highest BCUT2D eigenvalue weighted by Crippen LogP contribution is 2.38. The molecule has 0 aromatic carbocycles. The van der Waals surface area contributed by atoms with Crippen molar-refractivity contribution in [1.82, 2.24) is 20.0 Å². The van der Waals surface area contributed by atoms with Gasteiger partial charge in [0.25, 0.3) is 0 Å². The number of hydrogen-bond donors (Lipinski definition) is 1. The number of aromatic nitrogens is 4. The van der Waals surface area contributed by atoms with Gasteiger partial charge in [0, 0.05) is 5.69 Å². The Balaban J connectivity index is 1.77. The van der Waals surface area contributed by atoms with E-state index in [2.05, 4.69) is 48.3 Å². The third-order valence-corrected chi connectivity index (χ3v) is 4.27. The van der Waals surface area contributed by atoms with Crippen LogP contribution in [0.2, 0.25) is 0 Å². The van der Waals surface area contributed by atoms with Gasteiger partial charge in [0.1, 0.15) is 5.82 Å². The Morgan fingerprint density at radius 1 is 1.17 bits per heavy atom. The molecule has 124 valence electrons. The maximum Gasteiger partial charge on any atom is 0.176 e. The highest BCUT2D eigenvalue weighted by Gasteiger charge is 2.45. The van der Waals surface area contributed by atoms with Crippen LogP contribution in [-0.2, 0) is 4.74 Å². The highest BCUT2D eigenvalue weighted by atomic mass is 16.5. The van der Waals surface area contributed by atoms with Gasteiger partial charge in [-0.15, -0.1) is 10.2 Å². The Morgan fingerprint density at radius 3 is 2.39 bits per heavy atom. The summed E-state index contributed by atoms with van der Waals surface area (Å²) >= 11 is 0. The van der Waals surface area contributed by atoms with Crippen LogP contribution in [-0.4, -0.2) is 37.2 Å². The lowest BCUT2D eigenvalue weighted by Gasteiger charge is -2.27. The molecule has 3 rings (SSSR count). The summed E-state index contributed by atoms with van der Waals surface area (Å²) in [4.78, 5) is 0. The van der Waals surface area contributed by atoms with E-state index in [1.807, 2.05) is 32.0 Å². The van der Waals surface area contributed by atoms with Crippen molar-refractivity contribution in [2.45, 2.75) is 65.2 Å². The summed E-state index contributed by atoms with van der Waals surface area (Å²) in [5.74, 6) is 1.48. The Morgan fingerprint density at radius 2 is 1.91 bits per heavy atom. The smallest absolute Gasteiger partial charge is 0.176 e. The summed E-state index contributed by atoms with van der Waals surface area (Å²) < 4.78 is 7.91. The quantitative estimate of drug-likeness (QED) is 0.943. The maximum atomic E-state index is 6.11. The zero-order valence-corrected chi connectivity index (χ0v) is 14.7. The third-order valence-electron chi connectivity index (χ3n) is 4.27. The molecule has 23 heavy (non-hydrogen) atoms. The van der Waals surface area contributed by atoms with Crippen LogP contribution in [0.3, 0.4) is 0 Å². The predicted molar refractivity (Wildman–Crippen MR) is 89.9 cm³/mol. The minimum atomic E-state index is -0.237. The lowest BCUT2D eigenvalue weighted by atomic mass is 9.94. The largest absolute Gasteiger partial charge is 0.367 e. The molecular weight excluding hydrogens is 290 g/mol. The Labute approximate surface area is 137 Å². The van der Waals surface area contributed by atoms with Crippen molar-refractivity contribution in [1.29, 1.82) is 0 Å². The average molecular weight is 315 g/mol. The average Bonchev–Trinajstić information content (AvgIpc) is 2.86. The van der Waals surface area contributed by atoms with Crippen LogP contribution in [0.1, 0.15) is 45.5 Å². The zero-order chi connectivity index (χ0) is 16.8. The molecule has 1 saturated heterocycles. The van der Waals surface area contributed by atoms with Crippen molar-refractivity contribution in [3.8, 4) is 5.82 Å². The molecular formula is C17H25N5O. The number of rotatable bonds is 3. The van der Waals surface area contributed by atoms with Crippen LogP contribution in [0.5, 0.6) is 0 Å². The lowest BCUT2D eigenvalue weighted by molar-refractivity contribution is -0.0662. The molecule has 1 N–H and O–H groups in total. The predicted octanol–water partition coefficient (Wildman–Crippen LogP) is 3.04. The lowest BCUT2D eigenvalue weighted by Crippen LogP contribution is -2.38. The number of nitrogens with zero attached hydrogens (tertiary/aromatic N) is 4. The fraction of sp³-hybridized carbons (Fsp3) is 0.588. The summed E-state index contributed by atoms with van der Waals surface area (Å²) in [5, 5.41) is 16.5. The number of aryl methyl sites for hydroxylation is 2. The summed E-state index contributed by atoms with van der Waals surface area (Å²) in [6, 6.07) is 6.10. The van der Waals surface area contributed by atoms with Gasteiger partial charge in [-0.05, 0) is 66.2 Å². The standard InChI is InChI=1S/C17H25N5O/c1-11-9-12(2)22(21-11)15-8-7-14(19-20-15)18-13-10-16(3,4)23-17(13,5)6/h7-9,13H,10H2,1-6H3,(H,18,19). The normalized spacial score (nSPS) is 22.3. The first-order valence-electron chi connectivity index (χ1n) is 8.00. The van der Waals surface area contributed by atoms with Gasteiger partial charge in [-0.2, -0.15) is 5.10 Å². The van der Waals surface area contributed by atoms with E-state index in [0.717, 1.165) is 29.4 Å². The van der Waals surface area contributed by atoms with Gasteiger partial charge >= 0.3 is 0 Å². The molecule has 1 aliphatic heterocycles. The number of nitrogens with one attached hydrogen (secondary N) is 1. The number of ether oxygens (including phenoxy) is 1. The number of hydrogen-bond acceptors (Lipinski definition) is 5. The molecule has 6 heteroatoms. The monoisotopic (exact) mass is 315 g/mol. The van der Waals surface area contributed by atoms with Crippen molar-refractivity contribution in [3.63, 3.8) is 0 Å². The second kappa shape index (κ2) is 5.30. The van der Waals surface area contributed by atoms with Crippen LogP contribution >= 0.6 is 0 Å². The van der Waals surface area contributed by atoms with Gasteiger partial charge < -0.3 is 10.1 Å². The van der Waals surface area contributed by atoms with Crippen molar-refractivity contribution in [3.05, 3.63) is 29.6 Å². The van der Waals surface area contributed by atoms with E-state index >= 15 is 0 Å². The van der Waals surface area contributed by atoms with E-state index in [1.165, 1.54) is 0 Å². The first kappa shape index (κ1) is 15.9. The van der Waals surface area contributed by atoms with Crippen LogP contribution in [0.15, 0.2) is 18.2 Å². The van der Waals surface area contributed by atoms with Gasteiger partial charge in [0.2, 0.25) is 0 Å². The van der Waals surface area contributed by atoms with Crippen molar-refractivity contribution in [2.75, 3.05) is 5.32 Å². The fourth-order valence-electron chi connectivity index (χ4n) is 3.34. The van der Waals surface area contributed by atoms with E-state index in [-0.39, 0.29) is 17.2 Å². The van der Waals surface area contributed by atoms with Gasteiger partial charge in [-0.25, -0.2) is 4.68 Å². The molecule has 0 amide bonds. The summed E-state index contributed by atoms with van der Waals surface area (Å²) in [6.45, 7) is 12.4. The Hall–Kier alpha value is -1.95. The van der Waals surface area contributed by atoms with Crippen LogP contribution in [0.25, 0.3) is 5.82 Å². The molecule has 2 aromatic rings. The first-order chi connectivity index (χ1) is 10.7. The Kier molecular flexibility index (Phi) is 3.67.